The number of likely N-dealkylation sites (tertiary alicyclic amines) is 1. The molecular weight excluding hydrogens is 258 g/mol. The predicted octanol–water partition coefficient (Wildman–Crippen LogP) is 2.22. The molecule has 0 radical (unpaired) electrons. The number of amides is 1. The SMILES string of the molecule is CN(Cc1cscn1)C[C@H]1CC(=O)N(C(C)(C)C)C1. The molecule has 1 fully saturated rings. The quantitative estimate of drug-likeness (QED) is 0.849. The van der Waals surface area contributed by atoms with E-state index in [-0.39, 0.29) is 5.54 Å². The number of rotatable bonds is 4. The van der Waals surface area contributed by atoms with Crippen LogP contribution >= 0.6 is 11.3 Å². The smallest absolute Gasteiger partial charge is 0.223 e. The highest BCUT2D eigenvalue weighted by Gasteiger charge is 2.36. The van der Waals surface area contributed by atoms with E-state index >= 15 is 0 Å². The van der Waals surface area contributed by atoms with Crippen molar-refractivity contribution < 1.29 is 4.79 Å². The minimum Gasteiger partial charge on any atom is -0.338 e. The van der Waals surface area contributed by atoms with Crippen LogP contribution in [0.2, 0.25) is 0 Å². The standard InChI is InChI=1S/C14H23N3OS/c1-14(2,3)17-7-11(5-13(17)18)6-16(4)8-12-9-19-10-15-12/h9-11H,5-8H2,1-4H3/t11-/m1/s1. The van der Waals surface area contributed by atoms with E-state index in [2.05, 4.69) is 43.1 Å². The Morgan fingerprint density at radius 2 is 2.26 bits per heavy atom. The van der Waals surface area contributed by atoms with Crippen LogP contribution in [0.4, 0.5) is 0 Å². The molecule has 106 valence electrons. The molecule has 1 aromatic heterocycles. The Labute approximate surface area is 119 Å². The Kier molecular flexibility index (Phi) is 4.26. The third-order valence-electron chi connectivity index (χ3n) is 3.50. The molecule has 1 aliphatic rings. The van der Waals surface area contributed by atoms with E-state index in [1.165, 1.54) is 0 Å². The molecule has 2 heterocycles. The van der Waals surface area contributed by atoms with E-state index in [1.807, 2.05) is 10.4 Å². The van der Waals surface area contributed by atoms with Crippen LogP contribution in [-0.4, -0.2) is 46.4 Å². The summed E-state index contributed by atoms with van der Waals surface area (Å²) in [4.78, 5) is 20.6. The van der Waals surface area contributed by atoms with Crippen molar-refractivity contribution in [1.82, 2.24) is 14.8 Å². The van der Waals surface area contributed by atoms with Crippen LogP contribution in [-0.2, 0) is 11.3 Å². The van der Waals surface area contributed by atoms with Gasteiger partial charge in [-0.2, -0.15) is 0 Å². The van der Waals surface area contributed by atoms with E-state index < -0.39 is 0 Å². The molecule has 1 aliphatic heterocycles. The lowest BCUT2D eigenvalue weighted by molar-refractivity contribution is -0.131. The molecule has 2 rings (SSSR count). The minimum atomic E-state index is -0.0562. The molecular formula is C14H23N3OS. The molecule has 1 saturated heterocycles. The molecule has 0 spiro atoms. The summed E-state index contributed by atoms with van der Waals surface area (Å²) in [5, 5.41) is 2.08. The van der Waals surface area contributed by atoms with Crippen molar-refractivity contribution in [3.63, 3.8) is 0 Å². The zero-order chi connectivity index (χ0) is 14.0. The summed E-state index contributed by atoms with van der Waals surface area (Å²) in [7, 11) is 2.10. The monoisotopic (exact) mass is 281 g/mol. The highest BCUT2D eigenvalue weighted by Crippen LogP contribution is 2.26. The molecule has 4 nitrogen and oxygen atoms in total. The number of aromatic nitrogens is 1. The minimum absolute atomic E-state index is 0.0562. The summed E-state index contributed by atoms with van der Waals surface area (Å²) in [6.07, 6.45) is 0.679. The van der Waals surface area contributed by atoms with Gasteiger partial charge in [0.1, 0.15) is 0 Å². The lowest BCUT2D eigenvalue weighted by atomic mass is 10.1. The molecule has 1 atom stereocenters. The van der Waals surface area contributed by atoms with Crippen LogP contribution in [0.15, 0.2) is 10.9 Å². The Morgan fingerprint density at radius 3 is 2.79 bits per heavy atom. The molecule has 0 saturated carbocycles. The van der Waals surface area contributed by atoms with Crippen LogP contribution in [0.5, 0.6) is 0 Å². The summed E-state index contributed by atoms with van der Waals surface area (Å²) in [6, 6.07) is 0. The van der Waals surface area contributed by atoms with Gasteiger partial charge in [-0.1, -0.05) is 0 Å². The van der Waals surface area contributed by atoms with E-state index in [1.54, 1.807) is 11.3 Å². The average Bonchev–Trinajstić information content (AvgIpc) is 2.87. The fourth-order valence-corrected chi connectivity index (χ4v) is 3.20. The van der Waals surface area contributed by atoms with Gasteiger partial charge in [-0.3, -0.25) is 4.79 Å². The summed E-state index contributed by atoms with van der Waals surface area (Å²) in [5.74, 6) is 0.731. The van der Waals surface area contributed by atoms with Crippen molar-refractivity contribution in [2.45, 2.75) is 39.3 Å². The van der Waals surface area contributed by atoms with Crippen molar-refractivity contribution >= 4 is 17.2 Å². The van der Waals surface area contributed by atoms with Crippen molar-refractivity contribution in [2.24, 2.45) is 5.92 Å². The van der Waals surface area contributed by atoms with Gasteiger partial charge in [-0.25, -0.2) is 4.98 Å². The van der Waals surface area contributed by atoms with Crippen molar-refractivity contribution in [3.8, 4) is 0 Å². The third kappa shape index (κ3) is 3.76. The average molecular weight is 281 g/mol. The second-order valence-corrected chi connectivity index (χ2v) is 7.14. The van der Waals surface area contributed by atoms with Gasteiger partial charge in [0.15, 0.2) is 0 Å². The maximum absolute atomic E-state index is 12.0. The topological polar surface area (TPSA) is 36.4 Å². The van der Waals surface area contributed by atoms with Crippen LogP contribution in [0, 0.1) is 5.92 Å². The largest absolute Gasteiger partial charge is 0.338 e. The molecule has 5 heteroatoms. The summed E-state index contributed by atoms with van der Waals surface area (Å²) in [6.45, 7) is 9.01. The van der Waals surface area contributed by atoms with Crippen molar-refractivity contribution in [2.75, 3.05) is 20.1 Å². The van der Waals surface area contributed by atoms with Gasteiger partial charge in [0.2, 0.25) is 5.91 Å². The lowest BCUT2D eigenvalue weighted by Crippen LogP contribution is -2.42. The van der Waals surface area contributed by atoms with Gasteiger partial charge in [0.25, 0.3) is 0 Å². The molecule has 1 aromatic rings. The highest BCUT2D eigenvalue weighted by atomic mass is 32.1. The van der Waals surface area contributed by atoms with Crippen LogP contribution in [0.25, 0.3) is 0 Å². The van der Waals surface area contributed by atoms with Gasteiger partial charge < -0.3 is 9.80 Å². The molecule has 0 aromatic carbocycles. The number of hydrogen-bond acceptors (Lipinski definition) is 4. The Balaban J connectivity index is 1.86. The van der Waals surface area contributed by atoms with Crippen LogP contribution in [0.1, 0.15) is 32.9 Å². The molecule has 0 bridgehead atoms. The zero-order valence-electron chi connectivity index (χ0n) is 12.2. The highest BCUT2D eigenvalue weighted by molar-refractivity contribution is 7.07. The maximum Gasteiger partial charge on any atom is 0.223 e. The summed E-state index contributed by atoms with van der Waals surface area (Å²) in [5.41, 5.74) is 2.92. The lowest BCUT2D eigenvalue weighted by Gasteiger charge is -2.32. The van der Waals surface area contributed by atoms with Gasteiger partial charge >= 0.3 is 0 Å². The first-order chi connectivity index (χ1) is 8.86. The fourth-order valence-electron chi connectivity index (χ4n) is 2.65. The van der Waals surface area contributed by atoms with Gasteiger partial charge in [0, 0.05) is 37.0 Å². The third-order valence-corrected chi connectivity index (χ3v) is 4.14. The number of thiazole rings is 1. The van der Waals surface area contributed by atoms with Crippen LogP contribution in [0.3, 0.4) is 0 Å². The molecule has 0 N–H and O–H groups in total. The second kappa shape index (κ2) is 5.59. The molecule has 1 amide bonds. The van der Waals surface area contributed by atoms with E-state index in [0.717, 1.165) is 25.3 Å². The first-order valence-electron chi connectivity index (χ1n) is 6.72. The summed E-state index contributed by atoms with van der Waals surface area (Å²) >= 11 is 1.63. The second-order valence-electron chi connectivity index (χ2n) is 6.42. The first kappa shape index (κ1) is 14.5. The number of hydrogen-bond donors (Lipinski definition) is 0. The van der Waals surface area contributed by atoms with Crippen LogP contribution < -0.4 is 0 Å². The number of nitrogens with zero attached hydrogens (tertiary/aromatic N) is 3. The first-order valence-corrected chi connectivity index (χ1v) is 7.66. The maximum atomic E-state index is 12.0. The van der Waals surface area contributed by atoms with Crippen molar-refractivity contribution in [1.29, 1.82) is 0 Å². The summed E-state index contributed by atoms with van der Waals surface area (Å²) < 4.78 is 0. The van der Waals surface area contributed by atoms with E-state index in [4.69, 9.17) is 0 Å². The van der Waals surface area contributed by atoms with Gasteiger partial charge in [-0.15, -0.1) is 11.3 Å². The Morgan fingerprint density at radius 1 is 1.53 bits per heavy atom. The van der Waals surface area contributed by atoms with Gasteiger partial charge in [0.05, 0.1) is 11.2 Å². The molecule has 19 heavy (non-hydrogen) atoms. The Hall–Kier alpha value is -0.940. The predicted molar refractivity (Wildman–Crippen MR) is 78.0 cm³/mol. The number of carbonyl (C=O) groups is 1. The number of carbonyl (C=O) groups excluding carboxylic acids is 1. The molecule has 0 unspecified atom stereocenters. The van der Waals surface area contributed by atoms with E-state index in [9.17, 15) is 4.79 Å². The fraction of sp³-hybridized carbons (Fsp3) is 0.714. The molecule has 0 aliphatic carbocycles. The normalized spacial score (nSPS) is 20.6. The van der Waals surface area contributed by atoms with Gasteiger partial charge in [-0.05, 0) is 33.7 Å². The Bertz CT molecular complexity index is 424. The van der Waals surface area contributed by atoms with E-state index in [0.29, 0.717) is 18.2 Å². The zero-order valence-corrected chi connectivity index (χ0v) is 13.0. The van der Waals surface area contributed by atoms with Crippen molar-refractivity contribution in [3.05, 3.63) is 16.6 Å².